The number of rotatable bonds is 10. The number of halogens is 1. The summed E-state index contributed by atoms with van der Waals surface area (Å²) in [6.07, 6.45) is 8.73. The fourth-order valence-corrected chi connectivity index (χ4v) is 6.81. The van der Waals surface area contributed by atoms with E-state index < -0.39 is 0 Å². The second kappa shape index (κ2) is 12.9. The first-order valence-corrected chi connectivity index (χ1v) is 15.3. The molecule has 2 aliphatic rings. The summed E-state index contributed by atoms with van der Waals surface area (Å²) in [7, 11) is 3.48. The number of aromatic amines is 1. The molecule has 0 unspecified atom stereocenters. The molecule has 0 bridgehead atoms. The molecule has 8 nitrogen and oxygen atoms in total. The zero-order valence-corrected chi connectivity index (χ0v) is 24.9. The van der Waals surface area contributed by atoms with Gasteiger partial charge in [-0.2, -0.15) is 5.10 Å². The van der Waals surface area contributed by atoms with Crippen molar-refractivity contribution in [2.45, 2.75) is 50.6 Å². The monoisotopic (exact) mass is 576 g/mol. The molecule has 1 aliphatic carbocycles. The Kier molecular flexibility index (Phi) is 8.91. The van der Waals surface area contributed by atoms with Crippen molar-refractivity contribution in [3.63, 3.8) is 0 Å². The maximum absolute atomic E-state index is 6.73. The number of fused-ring (bicyclic) bond motifs is 1. The number of hydrogen-bond acceptors (Lipinski definition) is 6. The molecule has 1 saturated heterocycles. The molecule has 0 radical (unpaired) electrons. The van der Waals surface area contributed by atoms with Crippen LogP contribution in [-0.2, 0) is 11.2 Å². The first-order chi connectivity index (χ1) is 20.1. The number of hydrogen-bond donors (Lipinski definition) is 1. The van der Waals surface area contributed by atoms with E-state index in [1.54, 1.807) is 14.2 Å². The number of para-hydroxylation sites is 1. The summed E-state index contributed by atoms with van der Waals surface area (Å²) < 4.78 is 12.9. The number of nitrogens with one attached hydrogen (secondary N) is 1. The van der Waals surface area contributed by atoms with Crippen LogP contribution >= 0.6 is 11.6 Å². The summed E-state index contributed by atoms with van der Waals surface area (Å²) in [5.74, 6) is 1.72. The molecule has 2 aromatic heterocycles. The van der Waals surface area contributed by atoms with Gasteiger partial charge in [-0.3, -0.25) is 9.58 Å². The quantitative estimate of drug-likeness (QED) is 0.240. The van der Waals surface area contributed by atoms with Crippen LogP contribution in [0.1, 0.15) is 49.5 Å². The Morgan fingerprint density at radius 1 is 0.976 bits per heavy atom. The molecule has 6 rings (SSSR count). The van der Waals surface area contributed by atoms with Gasteiger partial charge in [0, 0.05) is 76.2 Å². The van der Waals surface area contributed by atoms with Gasteiger partial charge in [-0.1, -0.05) is 29.8 Å². The third-order valence-corrected chi connectivity index (χ3v) is 9.13. The standard InChI is InChI=1S/C32H41ClN6O2/c1-40-19-5-13-37-15-17-38(18-16-37)25-8-10-26(11-9-25)39-14-12-28(36-39)24-20-27(33)32-29(21-24)34-31(35-32)22-23-6-3-4-7-30(23)41-2/h3-4,6-7,12,14,20-21,25-26H,5,8-11,13,15-19,22H2,1-2H3,(H,34,35)/t25-,26-. The highest BCUT2D eigenvalue weighted by Gasteiger charge is 2.29. The summed E-state index contributed by atoms with van der Waals surface area (Å²) in [5.41, 5.74) is 4.72. The minimum atomic E-state index is 0.451. The number of imidazole rings is 1. The molecule has 3 heterocycles. The van der Waals surface area contributed by atoms with E-state index in [0.29, 0.717) is 23.5 Å². The van der Waals surface area contributed by atoms with Crippen molar-refractivity contribution in [1.29, 1.82) is 0 Å². The van der Waals surface area contributed by atoms with Gasteiger partial charge in [0.25, 0.3) is 0 Å². The molecule has 2 fully saturated rings. The number of aromatic nitrogens is 4. The molecule has 9 heteroatoms. The fraction of sp³-hybridized carbons (Fsp3) is 0.500. The van der Waals surface area contributed by atoms with E-state index in [0.717, 1.165) is 59.0 Å². The van der Waals surface area contributed by atoms with Crippen LogP contribution in [0.2, 0.25) is 5.02 Å². The first kappa shape index (κ1) is 28.2. The van der Waals surface area contributed by atoms with Crippen molar-refractivity contribution >= 4 is 22.6 Å². The van der Waals surface area contributed by atoms with E-state index in [1.165, 1.54) is 51.9 Å². The lowest BCUT2D eigenvalue weighted by Gasteiger charge is -2.42. The van der Waals surface area contributed by atoms with E-state index in [-0.39, 0.29) is 0 Å². The number of methoxy groups -OCH3 is 2. The average molecular weight is 577 g/mol. The highest BCUT2D eigenvalue weighted by Crippen LogP contribution is 2.34. The number of nitrogens with zero attached hydrogens (tertiary/aromatic N) is 5. The molecule has 4 aromatic rings. The predicted octanol–water partition coefficient (Wildman–Crippen LogP) is 5.82. The summed E-state index contributed by atoms with van der Waals surface area (Å²) in [5, 5.41) is 5.66. The smallest absolute Gasteiger partial charge is 0.122 e. The van der Waals surface area contributed by atoms with Gasteiger partial charge in [0.05, 0.1) is 34.9 Å². The van der Waals surface area contributed by atoms with Crippen molar-refractivity contribution in [2.75, 3.05) is 53.6 Å². The normalized spacial score (nSPS) is 20.6. The van der Waals surface area contributed by atoms with Crippen molar-refractivity contribution in [1.82, 2.24) is 29.5 Å². The SMILES string of the molecule is COCCCN1CCN([C@H]2CC[C@H](n3ccc(-c4cc(Cl)c5[nH]c(Cc6ccccc6OC)nc5c4)n3)CC2)CC1. The summed E-state index contributed by atoms with van der Waals surface area (Å²) in [6.45, 7) is 6.73. The molecule has 0 atom stereocenters. The van der Waals surface area contributed by atoms with Gasteiger partial charge < -0.3 is 19.4 Å². The van der Waals surface area contributed by atoms with Crippen LogP contribution in [-0.4, -0.2) is 89.1 Å². The van der Waals surface area contributed by atoms with Gasteiger partial charge >= 0.3 is 0 Å². The summed E-state index contributed by atoms with van der Waals surface area (Å²) in [6, 6.07) is 15.4. The number of H-pyrrole nitrogens is 1. The average Bonchev–Trinajstić information content (AvgIpc) is 3.66. The summed E-state index contributed by atoms with van der Waals surface area (Å²) in [4.78, 5) is 13.6. The Labute approximate surface area is 247 Å². The Morgan fingerprint density at radius 3 is 2.54 bits per heavy atom. The predicted molar refractivity (Wildman–Crippen MR) is 164 cm³/mol. The van der Waals surface area contributed by atoms with E-state index in [9.17, 15) is 0 Å². The van der Waals surface area contributed by atoms with Crippen molar-refractivity contribution in [2.24, 2.45) is 0 Å². The van der Waals surface area contributed by atoms with Gasteiger partial charge in [-0.15, -0.1) is 0 Å². The second-order valence-electron chi connectivity index (χ2n) is 11.4. The molecular weight excluding hydrogens is 536 g/mol. The van der Waals surface area contributed by atoms with E-state index in [1.807, 2.05) is 24.3 Å². The third kappa shape index (κ3) is 6.46. The van der Waals surface area contributed by atoms with E-state index in [4.69, 9.17) is 31.2 Å². The van der Waals surface area contributed by atoms with Crippen LogP contribution in [0.25, 0.3) is 22.3 Å². The zero-order valence-electron chi connectivity index (χ0n) is 24.2. The Balaban J connectivity index is 1.07. The van der Waals surface area contributed by atoms with Gasteiger partial charge in [0.15, 0.2) is 0 Å². The van der Waals surface area contributed by atoms with Crippen LogP contribution in [0.3, 0.4) is 0 Å². The van der Waals surface area contributed by atoms with Crippen LogP contribution in [0, 0.1) is 0 Å². The lowest BCUT2D eigenvalue weighted by atomic mass is 9.90. The van der Waals surface area contributed by atoms with Crippen molar-refractivity contribution in [3.05, 3.63) is 65.1 Å². The van der Waals surface area contributed by atoms with Crippen LogP contribution in [0.5, 0.6) is 5.75 Å². The van der Waals surface area contributed by atoms with Gasteiger partial charge in [-0.25, -0.2) is 4.98 Å². The lowest BCUT2D eigenvalue weighted by molar-refractivity contribution is 0.0659. The minimum absolute atomic E-state index is 0.451. The van der Waals surface area contributed by atoms with Gasteiger partial charge in [0.2, 0.25) is 0 Å². The van der Waals surface area contributed by atoms with Crippen molar-refractivity contribution in [3.8, 4) is 17.0 Å². The topological polar surface area (TPSA) is 71.4 Å². The number of ether oxygens (including phenoxy) is 2. The van der Waals surface area contributed by atoms with Gasteiger partial charge in [-0.05, 0) is 56.4 Å². The molecule has 0 amide bonds. The molecule has 1 N–H and O–H groups in total. The molecule has 1 saturated carbocycles. The largest absolute Gasteiger partial charge is 0.496 e. The maximum atomic E-state index is 6.73. The molecule has 1 aliphatic heterocycles. The molecule has 218 valence electrons. The Bertz CT molecular complexity index is 1440. The highest BCUT2D eigenvalue weighted by atomic mass is 35.5. The summed E-state index contributed by atoms with van der Waals surface area (Å²) >= 11 is 6.73. The second-order valence-corrected chi connectivity index (χ2v) is 11.8. The Morgan fingerprint density at radius 2 is 1.76 bits per heavy atom. The van der Waals surface area contributed by atoms with Crippen LogP contribution in [0.4, 0.5) is 0 Å². The van der Waals surface area contributed by atoms with Gasteiger partial charge in [0.1, 0.15) is 11.6 Å². The van der Waals surface area contributed by atoms with Crippen molar-refractivity contribution < 1.29 is 9.47 Å². The molecule has 0 spiro atoms. The van der Waals surface area contributed by atoms with Crippen LogP contribution < -0.4 is 4.74 Å². The molecular formula is C32H41ClN6O2. The first-order valence-electron chi connectivity index (χ1n) is 14.9. The highest BCUT2D eigenvalue weighted by molar-refractivity contribution is 6.35. The third-order valence-electron chi connectivity index (χ3n) is 8.84. The van der Waals surface area contributed by atoms with E-state index in [2.05, 4.69) is 43.9 Å². The molecule has 2 aromatic carbocycles. The van der Waals surface area contributed by atoms with Crippen LogP contribution in [0.15, 0.2) is 48.7 Å². The Hall–Kier alpha value is -2.91. The number of piperazine rings is 1. The zero-order chi connectivity index (χ0) is 28.2. The minimum Gasteiger partial charge on any atom is -0.496 e. The molecule has 41 heavy (non-hydrogen) atoms. The maximum Gasteiger partial charge on any atom is 0.122 e. The van der Waals surface area contributed by atoms with E-state index >= 15 is 0 Å². The fourth-order valence-electron chi connectivity index (χ4n) is 6.55. The number of benzene rings is 2. The lowest BCUT2D eigenvalue weighted by Crippen LogP contribution is -2.51.